The molecule has 0 saturated carbocycles. The van der Waals surface area contributed by atoms with Crippen LogP contribution in [0, 0.1) is 11.7 Å². The minimum atomic E-state index is -0.267. The van der Waals surface area contributed by atoms with Crippen molar-refractivity contribution in [1.82, 2.24) is 15.1 Å². The molecule has 2 aromatic rings. The van der Waals surface area contributed by atoms with Gasteiger partial charge in [0, 0.05) is 26.2 Å². The number of carbonyl (C=O) groups is 1. The number of rotatable bonds is 10. The van der Waals surface area contributed by atoms with Crippen molar-refractivity contribution in [2.45, 2.75) is 33.4 Å². The van der Waals surface area contributed by atoms with E-state index >= 15 is 0 Å². The largest absolute Gasteiger partial charge is 0.493 e. The summed E-state index contributed by atoms with van der Waals surface area (Å²) >= 11 is 0. The van der Waals surface area contributed by atoms with Crippen LogP contribution < -0.4 is 10.1 Å². The van der Waals surface area contributed by atoms with Gasteiger partial charge < -0.3 is 19.9 Å². The summed E-state index contributed by atoms with van der Waals surface area (Å²) in [5.74, 6) is 1.05. The molecule has 162 valence electrons. The number of hydrogen-bond donors (Lipinski definition) is 1. The predicted molar refractivity (Wildman–Crippen MR) is 117 cm³/mol. The number of likely N-dealkylation sites (tertiary alicyclic amines) is 1. The molecule has 0 spiro atoms. The van der Waals surface area contributed by atoms with E-state index in [0.29, 0.717) is 32.2 Å². The van der Waals surface area contributed by atoms with Crippen LogP contribution >= 0.6 is 0 Å². The molecule has 1 heterocycles. The smallest absolute Gasteiger partial charge is 0.318 e. The molecule has 0 bridgehead atoms. The van der Waals surface area contributed by atoms with Gasteiger partial charge in [-0.3, -0.25) is 0 Å². The van der Waals surface area contributed by atoms with Crippen LogP contribution in [-0.4, -0.2) is 48.6 Å². The first-order chi connectivity index (χ1) is 14.5. The first-order valence-electron chi connectivity index (χ1n) is 10.7. The van der Waals surface area contributed by atoms with Crippen molar-refractivity contribution < 1.29 is 13.9 Å². The standard InChI is InChI=1S/C24H32FN3O2/c1-19(2)18-30-23-10-6-20(7-11-23)16-26-24(29)28(15-14-27-12-3-13-27)17-21-4-8-22(25)9-5-21/h4-11,19H,3,12-18H2,1-2H3,(H,26,29). The predicted octanol–water partition coefficient (Wildman–Crippen LogP) is 4.28. The van der Waals surface area contributed by atoms with Crippen LogP contribution in [0.5, 0.6) is 5.75 Å². The quantitative estimate of drug-likeness (QED) is 0.632. The molecule has 1 aliphatic rings. The lowest BCUT2D eigenvalue weighted by atomic mass is 10.2. The fourth-order valence-corrected chi connectivity index (χ4v) is 3.19. The van der Waals surface area contributed by atoms with Crippen molar-refractivity contribution >= 4 is 6.03 Å². The number of nitrogens with zero attached hydrogens (tertiary/aromatic N) is 2. The number of nitrogens with one attached hydrogen (secondary N) is 1. The Kier molecular flexibility index (Phi) is 8.08. The van der Waals surface area contributed by atoms with E-state index in [1.165, 1.54) is 18.6 Å². The number of urea groups is 1. The first-order valence-corrected chi connectivity index (χ1v) is 10.7. The summed E-state index contributed by atoms with van der Waals surface area (Å²) in [6.45, 7) is 9.52. The molecule has 6 heteroatoms. The number of halogens is 1. The van der Waals surface area contributed by atoms with Gasteiger partial charge in [0.05, 0.1) is 6.61 Å². The van der Waals surface area contributed by atoms with Crippen LogP contribution in [0.4, 0.5) is 9.18 Å². The zero-order valence-electron chi connectivity index (χ0n) is 17.9. The molecule has 1 aliphatic heterocycles. The lowest BCUT2D eigenvalue weighted by Crippen LogP contribution is -2.46. The molecule has 2 amide bonds. The Bertz CT molecular complexity index is 789. The third-order valence-corrected chi connectivity index (χ3v) is 5.16. The molecule has 0 atom stereocenters. The third-order valence-electron chi connectivity index (χ3n) is 5.16. The van der Waals surface area contributed by atoms with E-state index in [4.69, 9.17) is 4.74 Å². The molecule has 5 nitrogen and oxygen atoms in total. The lowest BCUT2D eigenvalue weighted by Gasteiger charge is -2.33. The average molecular weight is 414 g/mol. The maximum Gasteiger partial charge on any atom is 0.318 e. The van der Waals surface area contributed by atoms with E-state index in [-0.39, 0.29) is 11.8 Å². The first kappa shape index (κ1) is 22.1. The van der Waals surface area contributed by atoms with Crippen molar-refractivity contribution in [3.63, 3.8) is 0 Å². The van der Waals surface area contributed by atoms with E-state index in [9.17, 15) is 9.18 Å². The summed E-state index contributed by atoms with van der Waals surface area (Å²) in [4.78, 5) is 17.0. The molecule has 0 radical (unpaired) electrons. The van der Waals surface area contributed by atoms with Gasteiger partial charge in [0.25, 0.3) is 0 Å². The van der Waals surface area contributed by atoms with Gasteiger partial charge in [-0.25, -0.2) is 9.18 Å². The second-order valence-corrected chi connectivity index (χ2v) is 8.25. The fraction of sp³-hybridized carbons (Fsp3) is 0.458. The van der Waals surface area contributed by atoms with Gasteiger partial charge >= 0.3 is 6.03 Å². The summed E-state index contributed by atoms with van der Waals surface area (Å²) in [5, 5.41) is 3.01. The van der Waals surface area contributed by atoms with Crippen LogP contribution in [-0.2, 0) is 13.1 Å². The maximum absolute atomic E-state index is 13.2. The average Bonchev–Trinajstić information content (AvgIpc) is 2.70. The van der Waals surface area contributed by atoms with E-state index in [0.717, 1.165) is 36.5 Å². The van der Waals surface area contributed by atoms with Crippen molar-refractivity contribution in [2.24, 2.45) is 5.92 Å². The second-order valence-electron chi connectivity index (χ2n) is 8.25. The minimum Gasteiger partial charge on any atom is -0.493 e. The Hall–Kier alpha value is -2.60. The third kappa shape index (κ3) is 7.02. The highest BCUT2D eigenvalue weighted by atomic mass is 19.1. The zero-order chi connectivity index (χ0) is 21.3. The maximum atomic E-state index is 13.2. The van der Waals surface area contributed by atoms with E-state index in [2.05, 4.69) is 24.1 Å². The van der Waals surface area contributed by atoms with Crippen LogP contribution in [0.1, 0.15) is 31.4 Å². The van der Waals surface area contributed by atoms with Crippen molar-refractivity contribution in [2.75, 3.05) is 32.8 Å². The number of amides is 2. The van der Waals surface area contributed by atoms with Crippen molar-refractivity contribution in [1.29, 1.82) is 0 Å². The second kappa shape index (κ2) is 11.0. The molecule has 3 rings (SSSR count). The molecule has 0 aromatic heterocycles. The topological polar surface area (TPSA) is 44.8 Å². The Balaban J connectivity index is 1.54. The van der Waals surface area contributed by atoms with Crippen LogP contribution in [0.3, 0.4) is 0 Å². The highest BCUT2D eigenvalue weighted by Gasteiger charge is 2.18. The van der Waals surface area contributed by atoms with Crippen molar-refractivity contribution in [3.05, 3.63) is 65.5 Å². The Morgan fingerprint density at radius 3 is 2.37 bits per heavy atom. The molecular formula is C24H32FN3O2. The molecular weight excluding hydrogens is 381 g/mol. The zero-order valence-corrected chi connectivity index (χ0v) is 17.9. The molecule has 1 fully saturated rings. The highest BCUT2D eigenvalue weighted by molar-refractivity contribution is 5.74. The van der Waals surface area contributed by atoms with Gasteiger partial charge in [0.1, 0.15) is 11.6 Å². The van der Waals surface area contributed by atoms with E-state index < -0.39 is 0 Å². The number of carbonyl (C=O) groups excluding carboxylic acids is 1. The summed E-state index contributed by atoms with van der Waals surface area (Å²) in [6.07, 6.45) is 1.22. The summed E-state index contributed by atoms with van der Waals surface area (Å²) < 4.78 is 18.9. The van der Waals surface area contributed by atoms with Crippen LogP contribution in [0.15, 0.2) is 48.5 Å². The summed E-state index contributed by atoms with van der Waals surface area (Å²) in [5.41, 5.74) is 1.94. The van der Waals surface area contributed by atoms with Gasteiger partial charge in [-0.2, -0.15) is 0 Å². The van der Waals surface area contributed by atoms with Gasteiger partial charge in [0.15, 0.2) is 0 Å². The van der Waals surface area contributed by atoms with E-state index in [1.807, 2.05) is 24.3 Å². The SMILES string of the molecule is CC(C)COc1ccc(CNC(=O)N(CCN2CCC2)Cc2ccc(F)cc2)cc1. The Morgan fingerprint density at radius 2 is 1.77 bits per heavy atom. The fourth-order valence-electron chi connectivity index (χ4n) is 3.19. The van der Waals surface area contributed by atoms with Gasteiger partial charge in [-0.15, -0.1) is 0 Å². The summed E-state index contributed by atoms with van der Waals surface area (Å²) in [7, 11) is 0. The lowest BCUT2D eigenvalue weighted by molar-refractivity contribution is 0.147. The molecule has 30 heavy (non-hydrogen) atoms. The normalized spacial score (nSPS) is 13.7. The number of benzene rings is 2. The Morgan fingerprint density at radius 1 is 1.10 bits per heavy atom. The monoisotopic (exact) mass is 413 g/mol. The molecule has 0 unspecified atom stereocenters. The van der Waals surface area contributed by atoms with Crippen molar-refractivity contribution in [3.8, 4) is 5.75 Å². The van der Waals surface area contributed by atoms with Crippen LogP contribution in [0.25, 0.3) is 0 Å². The molecule has 2 aromatic carbocycles. The van der Waals surface area contributed by atoms with Gasteiger partial charge in [-0.1, -0.05) is 38.1 Å². The summed E-state index contributed by atoms with van der Waals surface area (Å²) in [6, 6.07) is 14.0. The number of ether oxygens (including phenoxy) is 1. The van der Waals surface area contributed by atoms with Gasteiger partial charge in [-0.05, 0) is 60.8 Å². The van der Waals surface area contributed by atoms with Gasteiger partial charge in [0.2, 0.25) is 0 Å². The van der Waals surface area contributed by atoms with E-state index in [1.54, 1.807) is 17.0 Å². The minimum absolute atomic E-state index is 0.111. The molecule has 1 N–H and O–H groups in total. The highest BCUT2D eigenvalue weighted by Crippen LogP contribution is 2.14. The molecule has 1 saturated heterocycles. The molecule has 0 aliphatic carbocycles. The Labute approximate surface area is 178 Å². The number of hydrogen-bond acceptors (Lipinski definition) is 3. The van der Waals surface area contributed by atoms with Crippen LogP contribution in [0.2, 0.25) is 0 Å².